The monoisotopic (exact) mass is 451 g/mol. The molecule has 0 fully saturated rings. The molecule has 0 bridgehead atoms. The molecule has 1 N–H and O–H groups in total. The first kappa shape index (κ1) is 21.6. The molecule has 2 aromatic heterocycles. The van der Waals surface area contributed by atoms with Gasteiger partial charge in [-0.25, -0.2) is 14.4 Å². The Hall–Kier alpha value is -3.65. The van der Waals surface area contributed by atoms with E-state index in [2.05, 4.69) is 25.3 Å². The molecule has 0 saturated carbocycles. The molecule has 2 aromatic carbocycles. The average molecular weight is 452 g/mol. The molecule has 162 valence electrons. The Bertz CT molecular complexity index is 1300. The molecule has 0 atom stereocenters. The fourth-order valence-electron chi connectivity index (χ4n) is 3.05. The largest absolute Gasteiger partial charge is 0.476 e. The van der Waals surface area contributed by atoms with E-state index in [1.807, 2.05) is 6.92 Å². The summed E-state index contributed by atoms with van der Waals surface area (Å²) in [5.41, 5.74) is 3.16. The van der Waals surface area contributed by atoms with Gasteiger partial charge in [0, 0.05) is 17.7 Å². The van der Waals surface area contributed by atoms with Crippen molar-refractivity contribution in [3.8, 4) is 17.1 Å². The predicted molar refractivity (Wildman–Crippen MR) is 120 cm³/mol. The van der Waals surface area contributed by atoms with Crippen LogP contribution in [0.25, 0.3) is 22.4 Å². The van der Waals surface area contributed by atoms with Crippen molar-refractivity contribution < 1.29 is 13.9 Å². The number of aromatic nitrogens is 4. The second-order valence-electron chi connectivity index (χ2n) is 6.94. The van der Waals surface area contributed by atoms with E-state index in [-0.39, 0.29) is 17.5 Å². The molecule has 7 nitrogen and oxygen atoms in total. The summed E-state index contributed by atoms with van der Waals surface area (Å²) in [6, 6.07) is 11.1. The summed E-state index contributed by atoms with van der Waals surface area (Å²) in [7, 11) is 0. The summed E-state index contributed by atoms with van der Waals surface area (Å²) < 4.78 is 18.8. The number of carbonyl (C=O) groups is 1. The maximum atomic E-state index is 13.1. The zero-order valence-electron chi connectivity index (χ0n) is 17.4. The third-order valence-corrected chi connectivity index (χ3v) is 5.00. The number of halogens is 2. The van der Waals surface area contributed by atoms with Crippen LogP contribution >= 0.6 is 11.6 Å². The highest BCUT2D eigenvalue weighted by Crippen LogP contribution is 2.30. The van der Waals surface area contributed by atoms with Gasteiger partial charge in [-0.05, 0) is 49.7 Å². The summed E-state index contributed by atoms with van der Waals surface area (Å²) in [4.78, 5) is 29.6. The second-order valence-corrected chi connectivity index (χ2v) is 7.35. The SMILES string of the molecule is CCOc1nc(NCc2ccc(F)cc2)nc2ncc(-c3cc(C(C)=O)ccc3Cl)nc12. The highest BCUT2D eigenvalue weighted by molar-refractivity contribution is 6.33. The van der Waals surface area contributed by atoms with Crippen LogP contribution in [0, 0.1) is 5.82 Å². The first-order valence-electron chi connectivity index (χ1n) is 9.91. The van der Waals surface area contributed by atoms with E-state index in [0.717, 1.165) is 5.56 Å². The molecule has 0 amide bonds. The topological polar surface area (TPSA) is 89.9 Å². The average Bonchev–Trinajstić information content (AvgIpc) is 2.79. The van der Waals surface area contributed by atoms with Crippen molar-refractivity contribution in [3.63, 3.8) is 0 Å². The number of Topliss-reactive ketones (excluding diaryl/α,β-unsaturated/α-hetero) is 1. The molecular formula is C23H19ClFN5O2. The zero-order chi connectivity index (χ0) is 22.7. The molecular weight excluding hydrogens is 433 g/mol. The van der Waals surface area contributed by atoms with Gasteiger partial charge >= 0.3 is 0 Å². The van der Waals surface area contributed by atoms with Crippen molar-refractivity contribution in [2.24, 2.45) is 0 Å². The number of hydrogen-bond acceptors (Lipinski definition) is 7. The fraction of sp³-hybridized carbons (Fsp3) is 0.174. The predicted octanol–water partition coefficient (Wildman–Crippen LogP) is 5.09. The molecule has 0 aliphatic heterocycles. The van der Waals surface area contributed by atoms with Gasteiger partial charge in [0.25, 0.3) is 0 Å². The standard InChI is InChI=1S/C23H19ClFN5O2/c1-3-32-22-20-21(29-23(30-22)27-11-14-4-7-16(25)8-5-14)26-12-19(28-20)17-10-15(13(2)31)6-9-18(17)24/h4-10,12H,3,11H2,1-2H3,(H,26,27,29,30). The Balaban J connectivity index is 1.71. The third kappa shape index (κ3) is 4.65. The fourth-order valence-corrected chi connectivity index (χ4v) is 3.27. The van der Waals surface area contributed by atoms with Gasteiger partial charge in [-0.3, -0.25) is 4.79 Å². The Morgan fingerprint density at radius 1 is 1.12 bits per heavy atom. The number of ketones is 1. The minimum absolute atomic E-state index is 0.0770. The molecule has 32 heavy (non-hydrogen) atoms. The minimum Gasteiger partial charge on any atom is -0.476 e. The molecule has 9 heteroatoms. The van der Waals surface area contributed by atoms with Gasteiger partial charge in [0.05, 0.1) is 23.5 Å². The summed E-state index contributed by atoms with van der Waals surface area (Å²) in [5.74, 6) is 0.206. The van der Waals surface area contributed by atoms with Crippen LogP contribution in [-0.4, -0.2) is 32.3 Å². The molecule has 0 aliphatic carbocycles. The van der Waals surface area contributed by atoms with Crippen molar-refractivity contribution in [2.75, 3.05) is 11.9 Å². The molecule has 4 rings (SSSR count). The number of carbonyl (C=O) groups excluding carboxylic acids is 1. The van der Waals surface area contributed by atoms with Crippen molar-refractivity contribution in [3.05, 3.63) is 70.6 Å². The number of nitrogens with zero attached hydrogens (tertiary/aromatic N) is 4. The van der Waals surface area contributed by atoms with E-state index in [1.54, 1.807) is 36.5 Å². The number of nitrogens with one attached hydrogen (secondary N) is 1. The highest BCUT2D eigenvalue weighted by Gasteiger charge is 2.15. The quantitative estimate of drug-likeness (QED) is 0.391. The summed E-state index contributed by atoms with van der Waals surface area (Å²) in [5, 5.41) is 3.54. The number of hydrogen-bond donors (Lipinski definition) is 1. The first-order valence-corrected chi connectivity index (χ1v) is 10.3. The lowest BCUT2D eigenvalue weighted by Crippen LogP contribution is -2.07. The van der Waals surface area contributed by atoms with Crippen LogP contribution in [0.4, 0.5) is 10.3 Å². The van der Waals surface area contributed by atoms with Crippen LogP contribution in [0.3, 0.4) is 0 Å². The number of fused-ring (bicyclic) bond motifs is 1. The molecule has 0 unspecified atom stereocenters. The summed E-state index contributed by atoms with van der Waals surface area (Å²) in [6.45, 7) is 4.09. The minimum atomic E-state index is -0.297. The summed E-state index contributed by atoms with van der Waals surface area (Å²) >= 11 is 6.35. The van der Waals surface area contributed by atoms with Gasteiger partial charge in [0.1, 0.15) is 5.82 Å². The molecule has 2 heterocycles. The lowest BCUT2D eigenvalue weighted by molar-refractivity contribution is 0.101. The number of anilines is 1. The van der Waals surface area contributed by atoms with Crippen molar-refractivity contribution in [2.45, 2.75) is 20.4 Å². The normalized spacial score (nSPS) is 10.9. The van der Waals surface area contributed by atoms with Gasteiger partial charge in [-0.15, -0.1) is 0 Å². The van der Waals surface area contributed by atoms with E-state index in [1.165, 1.54) is 19.1 Å². The van der Waals surface area contributed by atoms with Crippen molar-refractivity contribution in [1.82, 2.24) is 19.9 Å². The molecule has 0 aliphatic rings. The Morgan fingerprint density at radius 3 is 2.62 bits per heavy atom. The Morgan fingerprint density at radius 2 is 1.91 bits per heavy atom. The Labute approximate surface area is 188 Å². The van der Waals surface area contributed by atoms with Crippen molar-refractivity contribution in [1.29, 1.82) is 0 Å². The van der Waals surface area contributed by atoms with Gasteiger partial charge in [-0.1, -0.05) is 23.7 Å². The van der Waals surface area contributed by atoms with E-state index in [4.69, 9.17) is 16.3 Å². The van der Waals surface area contributed by atoms with Gasteiger partial charge in [0.2, 0.25) is 11.8 Å². The third-order valence-electron chi connectivity index (χ3n) is 4.67. The van der Waals surface area contributed by atoms with Crippen LogP contribution in [-0.2, 0) is 6.54 Å². The van der Waals surface area contributed by atoms with Gasteiger partial charge in [0.15, 0.2) is 16.9 Å². The highest BCUT2D eigenvalue weighted by atomic mass is 35.5. The molecule has 4 aromatic rings. The Kier molecular flexibility index (Phi) is 6.23. The molecule has 0 saturated heterocycles. The summed E-state index contributed by atoms with van der Waals surface area (Å²) in [6.07, 6.45) is 1.54. The molecule has 0 spiro atoms. The van der Waals surface area contributed by atoms with E-state index in [0.29, 0.717) is 52.1 Å². The van der Waals surface area contributed by atoms with E-state index >= 15 is 0 Å². The maximum Gasteiger partial charge on any atom is 0.247 e. The lowest BCUT2D eigenvalue weighted by Gasteiger charge is -2.11. The lowest BCUT2D eigenvalue weighted by atomic mass is 10.1. The van der Waals surface area contributed by atoms with Gasteiger partial charge < -0.3 is 10.1 Å². The number of benzene rings is 2. The van der Waals surface area contributed by atoms with Crippen LogP contribution in [0.15, 0.2) is 48.7 Å². The van der Waals surface area contributed by atoms with Crippen LogP contribution in [0.1, 0.15) is 29.8 Å². The van der Waals surface area contributed by atoms with Crippen LogP contribution < -0.4 is 10.1 Å². The maximum absolute atomic E-state index is 13.1. The second kappa shape index (κ2) is 9.23. The van der Waals surface area contributed by atoms with Gasteiger partial charge in [-0.2, -0.15) is 9.97 Å². The number of rotatable bonds is 7. The van der Waals surface area contributed by atoms with Crippen molar-refractivity contribution >= 4 is 34.5 Å². The number of ether oxygens (including phenoxy) is 1. The smallest absolute Gasteiger partial charge is 0.247 e. The van der Waals surface area contributed by atoms with Crippen LogP contribution in [0.2, 0.25) is 5.02 Å². The zero-order valence-corrected chi connectivity index (χ0v) is 18.2. The molecule has 0 radical (unpaired) electrons. The van der Waals surface area contributed by atoms with E-state index in [9.17, 15) is 9.18 Å². The van der Waals surface area contributed by atoms with Crippen LogP contribution in [0.5, 0.6) is 5.88 Å². The first-order chi connectivity index (χ1) is 15.4. The van der Waals surface area contributed by atoms with E-state index < -0.39 is 0 Å².